The van der Waals surface area contributed by atoms with Gasteiger partial charge in [0.25, 0.3) is 0 Å². The van der Waals surface area contributed by atoms with Crippen LogP contribution in [0, 0.1) is 18.3 Å². The molecule has 0 saturated carbocycles. The van der Waals surface area contributed by atoms with Gasteiger partial charge in [0.05, 0.1) is 19.1 Å². The summed E-state index contributed by atoms with van der Waals surface area (Å²) in [5, 5.41) is 2.43. The maximum Gasteiger partial charge on any atom is 0.433 e. The highest BCUT2D eigenvalue weighted by atomic mass is 32.3. The molecule has 10 heteroatoms. The van der Waals surface area contributed by atoms with Crippen molar-refractivity contribution in [1.82, 2.24) is 0 Å². The van der Waals surface area contributed by atoms with Gasteiger partial charge in [-0.25, -0.2) is 0 Å². The molecular weight excluding hydrogens is 324 g/mol. The van der Waals surface area contributed by atoms with Crippen LogP contribution in [0.1, 0.15) is 5.56 Å². The van der Waals surface area contributed by atoms with Gasteiger partial charge in [0.1, 0.15) is 11.5 Å². The molecule has 0 bridgehead atoms. The topological polar surface area (TPSA) is 123 Å². The number of ether oxygens (including phenoxy) is 2. The Bertz CT molecular complexity index is 630. The number of aryl methyl sites for hydroxylation is 1. The second-order valence-corrected chi connectivity index (χ2v) is 5.20. The molecule has 0 atom stereocenters. The first-order chi connectivity index (χ1) is 9.37. The van der Waals surface area contributed by atoms with E-state index in [1.807, 2.05) is 13.0 Å². The Morgan fingerprint density at radius 2 is 1.81 bits per heavy atom. The molecule has 1 aromatic carbocycles. The van der Waals surface area contributed by atoms with Crippen LogP contribution in [-0.2, 0) is 19.6 Å². The lowest BCUT2D eigenvalue weighted by atomic mass is 10.2. The van der Waals surface area contributed by atoms with Crippen LogP contribution in [0.5, 0.6) is 11.5 Å². The van der Waals surface area contributed by atoms with E-state index in [-0.39, 0.29) is 5.48 Å². The number of hydrogen-bond acceptors (Lipinski definition) is 7. The van der Waals surface area contributed by atoms with Crippen LogP contribution in [-0.4, -0.2) is 32.7 Å². The highest BCUT2D eigenvalue weighted by Gasteiger charge is 2.08. The molecule has 0 aliphatic heterocycles. The van der Waals surface area contributed by atoms with Crippen molar-refractivity contribution in [3.05, 3.63) is 17.7 Å². The lowest BCUT2D eigenvalue weighted by molar-refractivity contribution is -0.135. The largest absolute Gasteiger partial charge is 0.496 e. The molecule has 1 aromatic rings. The zero-order valence-corrected chi connectivity index (χ0v) is 13.0. The number of methoxy groups -OCH3 is 2. The van der Waals surface area contributed by atoms with Gasteiger partial charge >= 0.3 is 10.4 Å². The number of hydrogen-bond donors (Lipinski definition) is 1. The van der Waals surface area contributed by atoms with Crippen molar-refractivity contribution in [2.75, 3.05) is 14.2 Å². The predicted octanol–water partition coefficient (Wildman–Crippen LogP) is 0.949. The highest BCUT2D eigenvalue weighted by molar-refractivity contribution is 8.04. The summed E-state index contributed by atoms with van der Waals surface area (Å²) >= 11 is 1.01. The molecule has 0 aromatic heterocycles. The van der Waals surface area contributed by atoms with Gasteiger partial charge in [-0.05, 0) is 40.7 Å². The van der Waals surface area contributed by atoms with Crippen LogP contribution in [0.3, 0.4) is 0 Å². The van der Waals surface area contributed by atoms with Gasteiger partial charge in [-0.15, -0.1) is 0 Å². The van der Waals surface area contributed by atoms with Crippen LogP contribution >= 0.6 is 11.8 Å². The van der Waals surface area contributed by atoms with E-state index in [1.54, 1.807) is 12.1 Å². The number of thioether (sulfide) groups is 1. The first-order valence-electron chi connectivity index (χ1n) is 5.09. The minimum absolute atomic E-state index is 0. The summed E-state index contributed by atoms with van der Waals surface area (Å²) in [4.78, 5) is 4.63. The summed E-state index contributed by atoms with van der Waals surface area (Å²) < 4.78 is 42.5. The quantitative estimate of drug-likeness (QED) is 0.277. The maximum absolute atomic E-state index is 10.2. The zero-order chi connectivity index (χ0) is 15.2. The van der Waals surface area contributed by atoms with E-state index in [0.29, 0.717) is 16.4 Å². The Labute approximate surface area is 126 Å². The van der Waals surface area contributed by atoms with Crippen molar-refractivity contribution >= 4 is 22.2 Å². The van der Waals surface area contributed by atoms with Crippen LogP contribution in [0.25, 0.3) is 0 Å². The van der Waals surface area contributed by atoms with E-state index in [4.69, 9.17) is 14.0 Å². The third-order valence-electron chi connectivity index (χ3n) is 2.05. The smallest absolute Gasteiger partial charge is 0.433 e. The van der Waals surface area contributed by atoms with Crippen molar-refractivity contribution in [2.24, 2.45) is 0 Å². The Morgan fingerprint density at radius 1 is 1.19 bits per heavy atom. The molecule has 0 fully saturated rings. The lowest BCUT2D eigenvalue weighted by Crippen LogP contribution is -2.01. The third-order valence-corrected chi connectivity index (χ3v) is 3.01. The van der Waals surface area contributed by atoms with Gasteiger partial charge < -0.3 is 14.9 Å². The molecule has 0 saturated heterocycles. The SMILES string of the molecule is COc1cc(SC#COOS(=O)(=O)O)c(OC)cc1C.O. The molecule has 0 amide bonds. The van der Waals surface area contributed by atoms with E-state index in [0.717, 1.165) is 17.3 Å². The average Bonchev–Trinajstić information content (AvgIpc) is 2.38. The summed E-state index contributed by atoms with van der Waals surface area (Å²) in [5.41, 5.74) is 0.896. The lowest BCUT2D eigenvalue weighted by Gasteiger charge is -2.10. The molecule has 3 N–H and O–H groups in total. The zero-order valence-electron chi connectivity index (χ0n) is 11.4. The van der Waals surface area contributed by atoms with Crippen LogP contribution < -0.4 is 9.47 Å². The Hall–Kier alpha value is -1.64. The molecule has 21 heavy (non-hydrogen) atoms. The van der Waals surface area contributed by atoms with Crippen LogP contribution in [0.15, 0.2) is 17.0 Å². The van der Waals surface area contributed by atoms with Crippen LogP contribution in [0.2, 0.25) is 0 Å². The van der Waals surface area contributed by atoms with E-state index in [9.17, 15) is 8.42 Å². The van der Waals surface area contributed by atoms with Gasteiger partial charge in [0.2, 0.25) is 0 Å². The first-order valence-corrected chi connectivity index (χ1v) is 7.27. The fourth-order valence-electron chi connectivity index (χ4n) is 1.25. The summed E-state index contributed by atoms with van der Waals surface area (Å²) in [5.74, 6) is 1.24. The summed E-state index contributed by atoms with van der Waals surface area (Å²) in [6.45, 7) is 1.87. The minimum Gasteiger partial charge on any atom is -0.496 e. The Kier molecular flexibility index (Phi) is 7.93. The van der Waals surface area contributed by atoms with Gasteiger partial charge in [0, 0.05) is 5.25 Å². The Balaban J connectivity index is 0.00000400. The molecule has 0 radical (unpaired) electrons. The molecule has 0 aliphatic carbocycles. The fourth-order valence-corrected chi connectivity index (χ4v) is 1.97. The minimum atomic E-state index is -4.68. The molecule has 0 spiro atoms. The summed E-state index contributed by atoms with van der Waals surface area (Å²) in [6, 6.07) is 3.50. The van der Waals surface area contributed by atoms with Crippen molar-refractivity contribution in [3.8, 4) is 22.9 Å². The van der Waals surface area contributed by atoms with E-state index < -0.39 is 10.4 Å². The van der Waals surface area contributed by atoms with Crippen LogP contribution in [0.4, 0.5) is 0 Å². The Morgan fingerprint density at radius 3 is 2.33 bits per heavy atom. The molecular formula is C11H14O8S2. The molecule has 0 heterocycles. The van der Waals surface area contributed by atoms with Crippen molar-refractivity contribution < 1.29 is 37.1 Å². The second kappa shape index (κ2) is 8.60. The molecule has 8 nitrogen and oxygen atoms in total. The molecule has 0 aliphatic rings. The van der Waals surface area contributed by atoms with Gasteiger partial charge in [-0.2, -0.15) is 8.42 Å². The van der Waals surface area contributed by atoms with Gasteiger partial charge in [-0.3, -0.25) is 9.44 Å². The highest BCUT2D eigenvalue weighted by Crippen LogP contribution is 2.34. The molecule has 0 unspecified atom stereocenters. The van der Waals surface area contributed by atoms with Gasteiger partial charge in [0.15, 0.2) is 6.11 Å². The average molecular weight is 338 g/mol. The van der Waals surface area contributed by atoms with Crippen molar-refractivity contribution in [3.63, 3.8) is 0 Å². The number of benzene rings is 1. The van der Waals surface area contributed by atoms with Crippen molar-refractivity contribution in [1.29, 1.82) is 0 Å². The molecule has 1 rings (SSSR count). The maximum atomic E-state index is 10.2. The standard InChI is InChI=1S/C11H12O7S2.H2O/c1-8-6-10(16-3)11(7-9(8)15-2)19-5-4-17-18-20(12,13)14;/h6-7H,1-3H3,(H,12,13,14);1H2. The first kappa shape index (κ1) is 19.4. The normalized spacial score (nSPS) is 9.90. The predicted molar refractivity (Wildman–Crippen MR) is 75.2 cm³/mol. The van der Waals surface area contributed by atoms with E-state index >= 15 is 0 Å². The number of rotatable bonds is 5. The van der Waals surface area contributed by atoms with E-state index in [1.165, 1.54) is 14.2 Å². The fraction of sp³-hybridized carbons (Fsp3) is 0.273. The summed E-state index contributed by atoms with van der Waals surface area (Å²) in [6.07, 6.45) is 1.95. The third kappa shape index (κ3) is 6.56. The van der Waals surface area contributed by atoms with Gasteiger partial charge in [-0.1, -0.05) is 0 Å². The second-order valence-electron chi connectivity index (χ2n) is 3.36. The monoisotopic (exact) mass is 338 g/mol. The van der Waals surface area contributed by atoms with Crippen molar-refractivity contribution in [2.45, 2.75) is 11.8 Å². The molecule has 118 valence electrons. The summed E-state index contributed by atoms with van der Waals surface area (Å²) in [7, 11) is -1.63. The van der Waals surface area contributed by atoms with E-state index in [2.05, 4.69) is 14.5 Å².